The summed E-state index contributed by atoms with van der Waals surface area (Å²) in [5.41, 5.74) is 9.66. The molecule has 106 valence electrons. The van der Waals surface area contributed by atoms with Crippen LogP contribution in [0.1, 0.15) is 42.5 Å². The normalized spacial score (nSPS) is 12.4. The molecule has 0 aliphatic carbocycles. The molecule has 0 bridgehead atoms. The highest BCUT2D eigenvalue weighted by atomic mass is 127. The molecule has 0 spiro atoms. The van der Waals surface area contributed by atoms with Crippen molar-refractivity contribution in [3.05, 3.63) is 68.5 Å². The summed E-state index contributed by atoms with van der Waals surface area (Å²) in [6.45, 7) is 2.20. The first-order chi connectivity index (χ1) is 9.61. The fourth-order valence-corrected chi connectivity index (χ4v) is 3.02. The molecule has 2 aromatic rings. The molecule has 2 aromatic carbocycles. The number of benzene rings is 2. The Morgan fingerprint density at radius 3 is 2.45 bits per heavy atom. The number of hydrogen-bond acceptors (Lipinski definition) is 1. The molecule has 1 nitrogen and oxygen atoms in total. The van der Waals surface area contributed by atoms with Crippen LogP contribution in [0.5, 0.6) is 0 Å². The van der Waals surface area contributed by atoms with Gasteiger partial charge in [-0.1, -0.05) is 43.7 Å². The quantitative estimate of drug-likeness (QED) is 0.736. The van der Waals surface area contributed by atoms with Crippen LogP contribution < -0.4 is 5.73 Å². The SMILES string of the molecule is CCCCc1ccc(C(N)c2ccc(F)cc2I)cc1. The minimum Gasteiger partial charge on any atom is -0.320 e. The van der Waals surface area contributed by atoms with Crippen LogP contribution in [-0.2, 0) is 6.42 Å². The summed E-state index contributed by atoms with van der Waals surface area (Å²) in [6, 6.07) is 13.0. The maximum Gasteiger partial charge on any atom is 0.124 e. The Hall–Kier alpha value is -0.940. The molecule has 0 aliphatic heterocycles. The van der Waals surface area contributed by atoms with E-state index in [-0.39, 0.29) is 11.9 Å². The second-order valence-electron chi connectivity index (χ2n) is 4.99. The van der Waals surface area contributed by atoms with Crippen molar-refractivity contribution in [1.82, 2.24) is 0 Å². The lowest BCUT2D eigenvalue weighted by atomic mass is 9.97. The van der Waals surface area contributed by atoms with E-state index in [0.29, 0.717) is 0 Å². The molecule has 2 N–H and O–H groups in total. The third kappa shape index (κ3) is 3.79. The summed E-state index contributed by atoms with van der Waals surface area (Å²) < 4.78 is 14.0. The van der Waals surface area contributed by atoms with Crippen molar-refractivity contribution in [3.63, 3.8) is 0 Å². The highest BCUT2D eigenvalue weighted by Gasteiger charge is 2.12. The van der Waals surface area contributed by atoms with Gasteiger partial charge in [0.15, 0.2) is 0 Å². The van der Waals surface area contributed by atoms with E-state index in [1.54, 1.807) is 6.07 Å². The van der Waals surface area contributed by atoms with E-state index in [2.05, 4.69) is 53.8 Å². The van der Waals surface area contributed by atoms with Crippen LogP contribution in [0.4, 0.5) is 4.39 Å². The first-order valence-corrected chi connectivity index (χ1v) is 7.99. The molecule has 1 unspecified atom stereocenters. The Labute approximate surface area is 133 Å². The van der Waals surface area contributed by atoms with Gasteiger partial charge in [0.1, 0.15) is 5.82 Å². The highest BCUT2D eigenvalue weighted by Crippen LogP contribution is 2.25. The zero-order valence-electron chi connectivity index (χ0n) is 11.6. The molecule has 0 amide bonds. The fourth-order valence-electron chi connectivity index (χ4n) is 2.21. The molecule has 0 fully saturated rings. The minimum atomic E-state index is -0.222. The van der Waals surface area contributed by atoms with Gasteiger partial charge in [-0.05, 0) is 64.3 Å². The number of nitrogens with two attached hydrogens (primary N) is 1. The van der Waals surface area contributed by atoms with Crippen molar-refractivity contribution in [2.45, 2.75) is 32.2 Å². The van der Waals surface area contributed by atoms with Gasteiger partial charge in [-0.2, -0.15) is 0 Å². The van der Waals surface area contributed by atoms with E-state index >= 15 is 0 Å². The molecule has 0 aliphatic rings. The van der Waals surface area contributed by atoms with Crippen molar-refractivity contribution in [2.24, 2.45) is 5.73 Å². The Kier molecular flexibility index (Phi) is 5.54. The van der Waals surface area contributed by atoms with Crippen LogP contribution in [-0.4, -0.2) is 0 Å². The van der Waals surface area contributed by atoms with E-state index in [9.17, 15) is 4.39 Å². The smallest absolute Gasteiger partial charge is 0.124 e. The first-order valence-electron chi connectivity index (χ1n) is 6.91. The summed E-state index contributed by atoms with van der Waals surface area (Å²) in [5, 5.41) is 0. The lowest BCUT2D eigenvalue weighted by molar-refractivity contribution is 0.625. The average molecular weight is 383 g/mol. The third-order valence-corrected chi connectivity index (χ3v) is 4.39. The molecule has 0 aromatic heterocycles. The number of halogens is 2. The lowest BCUT2D eigenvalue weighted by Crippen LogP contribution is -2.13. The Morgan fingerprint density at radius 2 is 1.85 bits per heavy atom. The van der Waals surface area contributed by atoms with Crippen LogP contribution in [0.2, 0.25) is 0 Å². The molecule has 0 radical (unpaired) electrons. The van der Waals surface area contributed by atoms with Crippen LogP contribution in [0.25, 0.3) is 0 Å². The number of aryl methyl sites for hydroxylation is 1. The Morgan fingerprint density at radius 1 is 1.15 bits per heavy atom. The molecule has 0 saturated carbocycles. The molecule has 0 saturated heterocycles. The molecule has 2 rings (SSSR count). The molecule has 20 heavy (non-hydrogen) atoms. The van der Waals surface area contributed by atoms with Crippen LogP contribution in [0.15, 0.2) is 42.5 Å². The van der Waals surface area contributed by atoms with Crippen molar-refractivity contribution in [2.75, 3.05) is 0 Å². The summed E-state index contributed by atoms with van der Waals surface area (Å²) in [7, 11) is 0. The lowest BCUT2D eigenvalue weighted by Gasteiger charge is -2.15. The Bertz CT molecular complexity index is 566. The standard InChI is InChI=1S/C17H19FIN/c1-2-3-4-12-5-7-13(8-6-12)17(20)15-10-9-14(18)11-16(15)19/h5-11,17H,2-4,20H2,1H3. The van der Waals surface area contributed by atoms with Gasteiger partial charge < -0.3 is 5.73 Å². The van der Waals surface area contributed by atoms with E-state index in [1.807, 2.05) is 0 Å². The number of rotatable bonds is 5. The summed E-state index contributed by atoms with van der Waals surface area (Å²) >= 11 is 2.13. The minimum absolute atomic E-state index is 0.206. The van der Waals surface area contributed by atoms with Gasteiger partial charge >= 0.3 is 0 Å². The van der Waals surface area contributed by atoms with Crippen molar-refractivity contribution in [1.29, 1.82) is 0 Å². The Balaban J connectivity index is 2.18. The fraction of sp³-hybridized carbons (Fsp3) is 0.294. The largest absolute Gasteiger partial charge is 0.320 e. The summed E-state index contributed by atoms with van der Waals surface area (Å²) in [5.74, 6) is -0.222. The average Bonchev–Trinajstić information content (AvgIpc) is 2.45. The van der Waals surface area contributed by atoms with Gasteiger partial charge in [0, 0.05) is 3.57 Å². The summed E-state index contributed by atoms with van der Waals surface area (Å²) in [4.78, 5) is 0. The zero-order valence-corrected chi connectivity index (χ0v) is 13.7. The van der Waals surface area contributed by atoms with E-state index in [1.165, 1.54) is 30.5 Å². The van der Waals surface area contributed by atoms with Gasteiger partial charge in [-0.15, -0.1) is 0 Å². The predicted octanol–water partition coefficient (Wildman–Crippen LogP) is 4.82. The molecule has 3 heteroatoms. The van der Waals surface area contributed by atoms with E-state index in [0.717, 1.165) is 21.1 Å². The maximum absolute atomic E-state index is 13.1. The van der Waals surface area contributed by atoms with E-state index < -0.39 is 0 Å². The topological polar surface area (TPSA) is 26.0 Å². The second-order valence-corrected chi connectivity index (χ2v) is 6.15. The van der Waals surface area contributed by atoms with Gasteiger partial charge in [-0.3, -0.25) is 0 Å². The maximum atomic E-state index is 13.1. The van der Waals surface area contributed by atoms with Gasteiger partial charge in [0.05, 0.1) is 6.04 Å². The first kappa shape index (κ1) is 15.4. The van der Waals surface area contributed by atoms with Gasteiger partial charge in [0.2, 0.25) is 0 Å². The van der Waals surface area contributed by atoms with Crippen LogP contribution in [0, 0.1) is 9.39 Å². The van der Waals surface area contributed by atoms with Crippen molar-refractivity contribution < 1.29 is 4.39 Å². The predicted molar refractivity (Wildman–Crippen MR) is 90.2 cm³/mol. The monoisotopic (exact) mass is 383 g/mol. The van der Waals surface area contributed by atoms with Crippen LogP contribution in [0.3, 0.4) is 0 Å². The van der Waals surface area contributed by atoms with Crippen LogP contribution >= 0.6 is 22.6 Å². The highest BCUT2D eigenvalue weighted by molar-refractivity contribution is 14.1. The summed E-state index contributed by atoms with van der Waals surface area (Å²) in [6.07, 6.45) is 3.52. The van der Waals surface area contributed by atoms with Gasteiger partial charge in [-0.25, -0.2) is 4.39 Å². The van der Waals surface area contributed by atoms with Gasteiger partial charge in [0.25, 0.3) is 0 Å². The third-order valence-electron chi connectivity index (χ3n) is 3.46. The van der Waals surface area contributed by atoms with E-state index in [4.69, 9.17) is 5.73 Å². The number of hydrogen-bond donors (Lipinski definition) is 1. The zero-order chi connectivity index (χ0) is 14.5. The molecule has 0 heterocycles. The molecular weight excluding hydrogens is 364 g/mol. The van der Waals surface area contributed by atoms with Crippen molar-refractivity contribution in [3.8, 4) is 0 Å². The molecular formula is C17H19FIN. The van der Waals surface area contributed by atoms with Crippen molar-refractivity contribution >= 4 is 22.6 Å². The second kappa shape index (κ2) is 7.18. The molecule has 1 atom stereocenters. The number of unbranched alkanes of at least 4 members (excludes halogenated alkanes) is 1.